The molecule has 1 aromatic heterocycles. The first-order chi connectivity index (χ1) is 8.29. The number of hydrogen-bond acceptors (Lipinski definition) is 2. The van der Waals surface area contributed by atoms with Gasteiger partial charge in [-0.2, -0.15) is 0 Å². The fraction of sp³-hybridized carbons (Fsp3) is 0.267. The number of aryl methyl sites for hydroxylation is 1. The summed E-state index contributed by atoms with van der Waals surface area (Å²) in [4.78, 5) is 4.00. The van der Waals surface area contributed by atoms with Crippen LogP contribution in [0.5, 0.6) is 0 Å². The molecule has 17 heavy (non-hydrogen) atoms. The van der Waals surface area contributed by atoms with Crippen molar-refractivity contribution in [1.82, 2.24) is 4.98 Å². The van der Waals surface area contributed by atoms with Gasteiger partial charge in [0.15, 0.2) is 0 Å². The molecular weight excluding hydrogens is 208 g/mol. The fourth-order valence-electron chi connectivity index (χ4n) is 1.87. The minimum absolute atomic E-state index is 0.567. The van der Waals surface area contributed by atoms with Gasteiger partial charge in [0.1, 0.15) is 5.82 Å². The number of anilines is 1. The molecule has 0 aliphatic carbocycles. The number of nitrogens with zero attached hydrogens (tertiary/aromatic N) is 1. The van der Waals surface area contributed by atoms with Gasteiger partial charge in [0.05, 0.1) is 0 Å². The van der Waals surface area contributed by atoms with Crippen LogP contribution in [-0.4, -0.2) is 4.98 Å². The molecule has 0 aliphatic heterocycles. The number of unbranched alkanes of at least 4 members (excludes halogenated alkanes) is 1. The minimum Gasteiger partial charge on any atom is -0.384 e. The lowest BCUT2D eigenvalue weighted by Crippen LogP contribution is -1.90. The van der Waals surface area contributed by atoms with Gasteiger partial charge in [-0.05, 0) is 41.7 Å². The van der Waals surface area contributed by atoms with E-state index in [9.17, 15) is 0 Å². The molecule has 0 amide bonds. The van der Waals surface area contributed by atoms with Crippen LogP contribution in [0.1, 0.15) is 25.3 Å². The lowest BCUT2D eigenvalue weighted by Gasteiger charge is -2.04. The van der Waals surface area contributed by atoms with E-state index in [2.05, 4.69) is 36.2 Å². The van der Waals surface area contributed by atoms with Gasteiger partial charge in [0.2, 0.25) is 0 Å². The Labute approximate surface area is 103 Å². The largest absolute Gasteiger partial charge is 0.384 e. The first-order valence-electron chi connectivity index (χ1n) is 6.10. The van der Waals surface area contributed by atoms with Gasteiger partial charge < -0.3 is 5.73 Å². The molecule has 0 bridgehead atoms. The van der Waals surface area contributed by atoms with Crippen LogP contribution in [-0.2, 0) is 6.42 Å². The lowest BCUT2D eigenvalue weighted by atomic mass is 10.0. The average molecular weight is 226 g/mol. The van der Waals surface area contributed by atoms with Crippen molar-refractivity contribution in [2.75, 3.05) is 5.73 Å². The number of aromatic nitrogens is 1. The maximum Gasteiger partial charge on any atom is 0.123 e. The van der Waals surface area contributed by atoms with Gasteiger partial charge >= 0.3 is 0 Å². The fourth-order valence-corrected chi connectivity index (χ4v) is 1.87. The molecule has 0 unspecified atom stereocenters. The third-order valence-electron chi connectivity index (χ3n) is 2.89. The summed E-state index contributed by atoms with van der Waals surface area (Å²) in [5.41, 5.74) is 9.40. The van der Waals surface area contributed by atoms with Crippen molar-refractivity contribution in [1.29, 1.82) is 0 Å². The summed E-state index contributed by atoms with van der Waals surface area (Å²) in [6, 6.07) is 12.6. The molecule has 0 aliphatic rings. The Morgan fingerprint density at radius 3 is 2.47 bits per heavy atom. The molecule has 1 aromatic carbocycles. The summed E-state index contributed by atoms with van der Waals surface area (Å²) in [6.07, 6.45) is 5.40. The first-order valence-corrected chi connectivity index (χ1v) is 6.10. The molecule has 0 atom stereocenters. The van der Waals surface area contributed by atoms with E-state index in [-0.39, 0.29) is 0 Å². The topological polar surface area (TPSA) is 38.9 Å². The summed E-state index contributed by atoms with van der Waals surface area (Å²) in [6.45, 7) is 2.22. The van der Waals surface area contributed by atoms with Gasteiger partial charge in [-0.3, -0.25) is 0 Å². The number of benzene rings is 1. The van der Waals surface area contributed by atoms with Crippen molar-refractivity contribution < 1.29 is 0 Å². The van der Waals surface area contributed by atoms with Crippen LogP contribution in [0, 0.1) is 0 Å². The van der Waals surface area contributed by atoms with E-state index < -0.39 is 0 Å². The Bertz CT molecular complexity index is 475. The van der Waals surface area contributed by atoms with E-state index in [1.54, 1.807) is 6.20 Å². The molecule has 0 fully saturated rings. The number of pyridine rings is 1. The SMILES string of the molecule is CCCCc1ccc(-c2ccnc(N)c2)cc1. The first kappa shape index (κ1) is 11.6. The summed E-state index contributed by atoms with van der Waals surface area (Å²) in [5.74, 6) is 0.567. The third-order valence-corrected chi connectivity index (χ3v) is 2.89. The number of nitrogens with two attached hydrogens (primary N) is 1. The normalized spacial score (nSPS) is 10.4. The van der Waals surface area contributed by atoms with E-state index >= 15 is 0 Å². The van der Waals surface area contributed by atoms with Crippen LogP contribution >= 0.6 is 0 Å². The minimum atomic E-state index is 0.567. The van der Waals surface area contributed by atoms with Gasteiger partial charge in [-0.1, -0.05) is 37.6 Å². The van der Waals surface area contributed by atoms with Crippen LogP contribution in [0.2, 0.25) is 0 Å². The number of nitrogen functional groups attached to an aromatic ring is 1. The van der Waals surface area contributed by atoms with Crippen LogP contribution in [0.15, 0.2) is 42.6 Å². The van der Waals surface area contributed by atoms with Crippen LogP contribution in [0.3, 0.4) is 0 Å². The second-order valence-corrected chi connectivity index (χ2v) is 4.27. The average Bonchev–Trinajstić information content (AvgIpc) is 2.37. The van der Waals surface area contributed by atoms with Crippen molar-refractivity contribution in [2.45, 2.75) is 26.2 Å². The van der Waals surface area contributed by atoms with Gasteiger partial charge in [0.25, 0.3) is 0 Å². The quantitative estimate of drug-likeness (QED) is 0.863. The molecule has 0 saturated heterocycles. The van der Waals surface area contributed by atoms with Crippen LogP contribution in [0.25, 0.3) is 11.1 Å². The molecule has 0 spiro atoms. The zero-order valence-electron chi connectivity index (χ0n) is 10.2. The maximum absolute atomic E-state index is 5.68. The second-order valence-electron chi connectivity index (χ2n) is 4.27. The molecule has 2 rings (SSSR count). The molecule has 2 aromatic rings. The zero-order valence-corrected chi connectivity index (χ0v) is 10.2. The third kappa shape index (κ3) is 3.06. The highest BCUT2D eigenvalue weighted by Crippen LogP contribution is 2.21. The standard InChI is InChI=1S/C15H18N2/c1-2-3-4-12-5-7-13(8-6-12)14-9-10-17-15(16)11-14/h5-11H,2-4H2,1H3,(H2,16,17). The molecular formula is C15H18N2. The van der Waals surface area contributed by atoms with Gasteiger partial charge in [-0.15, -0.1) is 0 Å². The van der Waals surface area contributed by atoms with E-state index in [0.717, 1.165) is 12.0 Å². The number of hydrogen-bond donors (Lipinski definition) is 1. The molecule has 2 nitrogen and oxygen atoms in total. The Morgan fingerprint density at radius 1 is 1.06 bits per heavy atom. The Balaban J connectivity index is 2.17. The predicted octanol–water partition coefficient (Wildman–Crippen LogP) is 3.67. The molecule has 88 valence electrons. The number of rotatable bonds is 4. The van der Waals surface area contributed by atoms with E-state index in [1.165, 1.54) is 24.0 Å². The van der Waals surface area contributed by atoms with Crippen molar-refractivity contribution >= 4 is 5.82 Å². The van der Waals surface area contributed by atoms with Crippen molar-refractivity contribution in [3.8, 4) is 11.1 Å². The van der Waals surface area contributed by atoms with Crippen LogP contribution < -0.4 is 5.73 Å². The highest BCUT2D eigenvalue weighted by atomic mass is 14.8. The molecule has 1 heterocycles. The second kappa shape index (κ2) is 5.48. The van der Waals surface area contributed by atoms with E-state index in [4.69, 9.17) is 5.73 Å². The monoisotopic (exact) mass is 226 g/mol. The van der Waals surface area contributed by atoms with E-state index in [0.29, 0.717) is 5.82 Å². The summed E-state index contributed by atoms with van der Waals surface area (Å²) < 4.78 is 0. The molecule has 0 radical (unpaired) electrons. The summed E-state index contributed by atoms with van der Waals surface area (Å²) >= 11 is 0. The highest BCUT2D eigenvalue weighted by Gasteiger charge is 1.99. The van der Waals surface area contributed by atoms with Crippen molar-refractivity contribution in [3.05, 3.63) is 48.2 Å². The molecule has 2 N–H and O–H groups in total. The van der Waals surface area contributed by atoms with Crippen molar-refractivity contribution in [3.63, 3.8) is 0 Å². The Kier molecular flexibility index (Phi) is 3.76. The smallest absolute Gasteiger partial charge is 0.123 e. The Morgan fingerprint density at radius 2 is 1.82 bits per heavy atom. The maximum atomic E-state index is 5.68. The molecule has 2 heteroatoms. The summed E-state index contributed by atoms with van der Waals surface area (Å²) in [7, 11) is 0. The highest BCUT2D eigenvalue weighted by molar-refractivity contribution is 5.65. The van der Waals surface area contributed by atoms with E-state index in [1.807, 2.05) is 12.1 Å². The van der Waals surface area contributed by atoms with Crippen molar-refractivity contribution in [2.24, 2.45) is 0 Å². The van der Waals surface area contributed by atoms with Crippen LogP contribution in [0.4, 0.5) is 5.82 Å². The van der Waals surface area contributed by atoms with Gasteiger partial charge in [-0.25, -0.2) is 4.98 Å². The zero-order chi connectivity index (χ0) is 12.1. The summed E-state index contributed by atoms with van der Waals surface area (Å²) in [5, 5.41) is 0. The Hall–Kier alpha value is -1.83. The van der Waals surface area contributed by atoms with Gasteiger partial charge in [0, 0.05) is 6.20 Å². The predicted molar refractivity (Wildman–Crippen MR) is 72.7 cm³/mol. The molecule has 0 saturated carbocycles. The lowest BCUT2D eigenvalue weighted by molar-refractivity contribution is 0.795.